The van der Waals surface area contributed by atoms with Gasteiger partial charge < -0.3 is 4.52 Å². The Bertz CT molecular complexity index is 1440. The lowest BCUT2D eigenvalue weighted by Gasteiger charge is -2.02. The van der Waals surface area contributed by atoms with Crippen molar-refractivity contribution in [2.75, 3.05) is 0 Å². The number of fused-ring (bicyclic) bond motifs is 3. The molecule has 140 valence electrons. The SMILES string of the molecule is Cc1nn(-c2ccccc2)c2sc3c(c(-c4cnoc4)nn3-c3ccccc3)c12. The van der Waals surface area contributed by atoms with E-state index >= 15 is 0 Å². The van der Waals surface area contributed by atoms with Crippen molar-refractivity contribution < 1.29 is 4.52 Å². The van der Waals surface area contributed by atoms with Gasteiger partial charge in [-0.05, 0) is 31.2 Å². The summed E-state index contributed by atoms with van der Waals surface area (Å²) in [5.41, 5.74) is 4.74. The van der Waals surface area contributed by atoms with Crippen LogP contribution in [0.2, 0.25) is 0 Å². The number of hydrogen-bond donors (Lipinski definition) is 0. The van der Waals surface area contributed by atoms with E-state index in [1.807, 2.05) is 52.7 Å². The first-order chi connectivity index (χ1) is 14.3. The molecule has 0 unspecified atom stereocenters. The molecule has 6 nitrogen and oxygen atoms in total. The molecule has 0 bridgehead atoms. The molecule has 2 aromatic carbocycles. The summed E-state index contributed by atoms with van der Waals surface area (Å²) >= 11 is 1.69. The Labute approximate surface area is 169 Å². The van der Waals surface area contributed by atoms with E-state index in [9.17, 15) is 0 Å². The zero-order valence-corrected chi connectivity index (χ0v) is 16.3. The van der Waals surface area contributed by atoms with Crippen molar-refractivity contribution in [1.29, 1.82) is 0 Å². The van der Waals surface area contributed by atoms with Crippen molar-refractivity contribution in [3.8, 4) is 22.6 Å². The molecule has 0 amide bonds. The average molecular weight is 397 g/mol. The summed E-state index contributed by atoms with van der Waals surface area (Å²) in [5.74, 6) is 0. The molecule has 4 aromatic heterocycles. The number of hydrogen-bond acceptors (Lipinski definition) is 5. The van der Waals surface area contributed by atoms with E-state index in [4.69, 9.17) is 14.7 Å². The largest absolute Gasteiger partial charge is 0.364 e. The van der Waals surface area contributed by atoms with Gasteiger partial charge in [0.15, 0.2) is 0 Å². The second-order valence-electron chi connectivity index (χ2n) is 6.80. The van der Waals surface area contributed by atoms with E-state index in [0.717, 1.165) is 48.8 Å². The first-order valence-electron chi connectivity index (χ1n) is 9.23. The summed E-state index contributed by atoms with van der Waals surface area (Å²) in [6.07, 6.45) is 3.34. The van der Waals surface area contributed by atoms with Crippen LogP contribution in [0.5, 0.6) is 0 Å². The Morgan fingerprint density at radius 1 is 0.793 bits per heavy atom. The molecule has 0 spiro atoms. The van der Waals surface area contributed by atoms with Crippen LogP contribution in [0.3, 0.4) is 0 Å². The molecule has 0 atom stereocenters. The highest BCUT2D eigenvalue weighted by Crippen LogP contribution is 2.42. The minimum absolute atomic E-state index is 0.854. The van der Waals surface area contributed by atoms with Crippen molar-refractivity contribution in [2.45, 2.75) is 6.92 Å². The van der Waals surface area contributed by atoms with Crippen molar-refractivity contribution in [2.24, 2.45) is 0 Å². The lowest BCUT2D eigenvalue weighted by Crippen LogP contribution is -1.96. The van der Waals surface area contributed by atoms with Gasteiger partial charge in [0.1, 0.15) is 21.6 Å². The molecule has 6 aromatic rings. The van der Waals surface area contributed by atoms with Gasteiger partial charge in [0.25, 0.3) is 0 Å². The summed E-state index contributed by atoms with van der Waals surface area (Å²) in [6, 6.07) is 20.4. The molecule has 0 aliphatic rings. The van der Waals surface area contributed by atoms with Crippen molar-refractivity contribution >= 4 is 31.8 Å². The van der Waals surface area contributed by atoms with Crippen molar-refractivity contribution in [1.82, 2.24) is 24.7 Å². The van der Waals surface area contributed by atoms with Gasteiger partial charge in [-0.15, -0.1) is 0 Å². The van der Waals surface area contributed by atoms with Crippen LogP contribution in [0.25, 0.3) is 43.1 Å². The van der Waals surface area contributed by atoms with E-state index in [2.05, 4.69) is 29.4 Å². The lowest BCUT2D eigenvalue weighted by molar-refractivity contribution is 0.420. The highest BCUT2D eigenvalue weighted by Gasteiger charge is 2.24. The van der Waals surface area contributed by atoms with Crippen LogP contribution in [0.4, 0.5) is 0 Å². The summed E-state index contributed by atoms with van der Waals surface area (Å²) in [5, 5.41) is 15.8. The number of aromatic nitrogens is 5. The number of nitrogens with zero attached hydrogens (tertiary/aromatic N) is 5. The first-order valence-corrected chi connectivity index (χ1v) is 10.0. The van der Waals surface area contributed by atoms with Gasteiger partial charge >= 0.3 is 0 Å². The minimum atomic E-state index is 0.854. The molecule has 0 aliphatic carbocycles. The number of thiophene rings is 1. The fourth-order valence-corrected chi connectivity index (χ4v) is 5.02. The fraction of sp³-hybridized carbons (Fsp3) is 0.0455. The topological polar surface area (TPSA) is 61.7 Å². The first kappa shape index (κ1) is 16.3. The fourth-order valence-electron chi connectivity index (χ4n) is 3.71. The quantitative estimate of drug-likeness (QED) is 0.402. The molecular formula is C22H15N5OS. The van der Waals surface area contributed by atoms with Crippen LogP contribution in [0.1, 0.15) is 5.69 Å². The maximum Gasteiger partial charge on any atom is 0.133 e. The number of aryl methyl sites for hydroxylation is 1. The molecule has 0 saturated carbocycles. The molecule has 0 aliphatic heterocycles. The van der Waals surface area contributed by atoms with Crippen LogP contribution in [-0.2, 0) is 0 Å². The van der Waals surface area contributed by atoms with E-state index in [1.54, 1.807) is 23.8 Å². The van der Waals surface area contributed by atoms with Gasteiger partial charge in [-0.3, -0.25) is 0 Å². The monoisotopic (exact) mass is 397 g/mol. The second kappa shape index (κ2) is 6.15. The van der Waals surface area contributed by atoms with Crippen LogP contribution >= 0.6 is 11.3 Å². The predicted molar refractivity (Wildman–Crippen MR) is 114 cm³/mol. The van der Waals surface area contributed by atoms with Gasteiger partial charge in [0.05, 0.1) is 34.2 Å². The maximum atomic E-state index is 5.11. The highest BCUT2D eigenvalue weighted by atomic mass is 32.1. The Balaban J connectivity index is 1.74. The third kappa shape index (κ3) is 2.37. The lowest BCUT2D eigenvalue weighted by atomic mass is 10.1. The summed E-state index contributed by atoms with van der Waals surface area (Å²) < 4.78 is 9.12. The van der Waals surface area contributed by atoms with E-state index in [-0.39, 0.29) is 0 Å². The Hall–Kier alpha value is -3.71. The van der Waals surface area contributed by atoms with Gasteiger partial charge in [-0.1, -0.05) is 52.9 Å². The Morgan fingerprint density at radius 2 is 1.41 bits per heavy atom. The Morgan fingerprint density at radius 3 is 2.03 bits per heavy atom. The summed E-state index contributed by atoms with van der Waals surface area (Å²) in [6.45, 7) is 2.05. The molecular weight excluding hydrogens is 382 g/mol. The number of benzene rings is 2. The normalized spacial score (nSPS) is 11.6. The molecule has 0 saturated heterocycles. The Kier molecular flexibility index (Phi) is 3.45. The third-order valence-corrected chi connectivity index (χ3v) is 6.15. The number of para-hydroxylation sites is 2. The molecule has 29 heavy (non-hydrogen) atoms. The zero-order chi connectivity index (χ0) is 19.4. The molecule has 0 fully saturated rings. The molecule has 4 heterocycles. The van der Waals surface area contributed by atoms with Gasteiger partial charge in [-0.2, -0.15) is 10.2 Å². The zero-order valence-electron chi connectivity index (χ0n) is 15.5. The molecule has 0 radical (unpaired) electrons. The van der Waals surface area contributed by atoms with Crippen LogP contribution in [-0.4, -0.2) is 24.7 Å². The summed E-state index contributed by atoms with van der Waals surface area (Å²) in [4.78, 5) is 2.18. The van der Waals surface area contributed by atoms with Crippen molar-refractivity contribution in [3.05, 3.63) is 78.8 Å². The number of rotatable bonds is 3. The van der Waals surface area contributed by atoms with E-state index in [1.165, 1.54) is 0 Å². The van der Waals surface area contributed by atoms with Gasteiger partial charge in [0, 0.05) is 5.39 Å². The van der Waals surface area contributed by atoms with Crippen LogP contribution in [0, 0.1) is 6.92 Å². The molecule has 7 heteroatoms. The smallest absolute Gasteiger partial charge is 0.133 e. The van der Waals surface area contributed by atoms with E-state index < -0.39 is 0 Å². The second-order valence-corrected chi connectivity index (χ2v) is 7.78. The van der Waals surface area contributed by atoms with Crippen LogP contribution < -0.4 is 0 Å². The highest BCUT2D eigenvalue weighted by molar-refractivity contribution is 7.25. The molecule has 0 N–H and O–H groups in total. The minimum Gasteiger partial charge on any atom is -0.364 e. The van der Waals surface area contributed by atoms with Gasteiger partial charge in [0.2, 0.25) is 0 Å². The van der Waals surface area contributed by atoms with Gasteiger partial charge in [-0.25, -0.2) is 9.36 Å². The maximum absolute atomic E-state index is 5.11. The van der Waals surface area contributed by atoms with E-state index in [0.29, 0.717) is 0 Å². The average Bonchev–Trinajstić information content (AvgIpc) is 3.52. The predicted octanol–water partition coefficient (Wildman–Crippen LogP) is 5.39. The van der Waals surface area contributed by atoms with Crippen molar-refractivity contribution in [3.63, 3.8) is 0 Å². The van der Waals surface area contributed by atoms with Crippen LogP contribution in [0.15, 0.2) is 77.6 Å². The summed E-state index contributed by atoms with van der Waals surface area (Å²) in [7, 11) is 0. The molecule has 6 rings (SSSR count). The standard InChI is InChI=1S/C22H15N5OS/c1-14-18-19-20(15-12-23-28-13-15)25-27(17-10-6-3-7-11-17)22(19)29-21(18)26(24-14)16-8-4-2-5-9-16/h2-13H,1H3. The third-order valence-electron chi connectivity index (χ3n) is 5.01.